The zero-order chi connectivity index (χ0) is 9.80. The standard InChI is InChI=1S/C12H18N2.ClH/c1-10-2-4-11(5-3-10)8-14-12-6-7-13-9-12;/h2-5,12-14H,6-9H2,1H3;1H/t12-;/m1./s1. The van der Waals surface area contributed by atoms with E-state index >= 15 is 0 Å². The molecule has 0 spiro atoms. The summed E-state index contributed by atoms with van der Waals surface area (Å²) < 4.78 is 0. The quantitative estimate of drug-likeness (QED) is 0.823. The molecule has 1 aromatic rings. The number of benzene rings is 1. The third kappa shape index (κ3) is 3.82. The molecular formula is C12H19ClN2. The number of rotatable bonds is 3. The molecule has 1 aliphatic rings. The van der Waals surface area contributed by atoms with Crippen molar-refractivity contribution in [2.45, 2.75) is 25.9 Å². The van der Waals surface area contributed by atoms with E-state index < -0.39 is 0 Å². The summed E-state index contributed by atoms with van der Waals surface area (Å²) in [6.07, 6.45) is 1.26. The monoisotopic (exact) mass is 226 g/mol. The molecule has 15 heavy (non-hydrogen) atoms. The third-order valence-electron chi connectivity index (χ3n) is 2.78. The van der Waals surface area contributed by atoms with Crippen molar-refractivity contribution in [3.8, 4) is 0 Å². The first-order valence-corrected chi connectivity index (χ1v) is 5.34. The van der Waals surface area contributed by atoms with Gasteiger partial charge in [-0.25, -0.2) is 0 Å². The average molecular weight is 227 g/mol. The van der Waals surface area contributed by atoms with Gasteiger partial charge in [-0.1, -0.05) is 29.8 Å². The zero-order valence-corrected chi connectivity index (χ0v) is 9.94. The van der Waals surface area contributed by atoms with Crippen LogP contribution in [0.2, 0.25) is 0 Å². The fourth-order valence-corrected chi connectivity index (χ4v) is 1.80. The molecule has 1 saturated heterocycles. The summed E-state index contributed by atoms with van der Waals surface area (Å²) in [5.74, 6) is 0. The molecule has 0 amide bonds. The van der Waals surface area contributed by atoms with Gasteiger partial charge in [0.15, 0.2) is 0 Å². The van der Waals surface area contributed by atoms with E-state index in [0.29, 0.717) is 6.04 Å². The van der Waals surface area contributed by atoms with Gasteiger partial charge in [0.05, 0.1) is 0 Å². The minimum Gasteiger partial charge on any atom is -0.315 e. The van der Waals surface area contributed by atoms with E-state index in [0.717, 1.165) is 19.6 Å². The van der Waals surface area contributed by atoms with Crippen LogP contribution in [0.5, 0.6) is 0 Å². The van der Waals surface area contributed by atoms with Gasteiger partial charge in [-0.15, -0.1) is 12.4 Å². The number of hydrogen-bond acceptors (Lipinski definition) is 2. The van der Waals surface area contributed by atoms with Gasteiger partial charge in [0.2, 0.25) is 0 Å². The molecular weight excluding hydrogens is 208 g/mol. The maximum atomic E-state index is 3.55. The molecule has 1 atom stereocenters. The first-order valence-electron chi connectivity index (χ1n) is 5.34. The maximum absolute atomic E-state index is 3.55. The topological polar surface area (TPSA) is 24.1 Å². The molecule has 3 heteroatoms. The van der Waals surface area contributed by atoms with Gasteiger partial charge in [-0.2, -0.15) is 0 Å². The second-order valence-corrected chi connectivity index (χ2v) is 4.06. The Hall–Kier alpha value is -0.570. The third-order valence-corrected chi connectivity index (χ3v) is 2.78. The number of nitrogens with one attached hydrogen (secondary N) is 2. The molecule has 0 aromatic heterocycles. The van der Waals surface area contributed by atoms with Gasteiger partial charge < -0.3 is 10.6 Å². The first-order chi connectivity index (χ1) is 6.84. The minimum atomic E-state index is 0. The van der Waals surface area contributed by atoms with Gasteiger partial charge in [-0.05, 0) is 25.5 Å². The SMILES string of the molecule is Cc1ccc(CN[C@@H]2CCNC2)cc1.Cl. The van der Waals surface area contributed by atoms with Crippen molar-refractivity contribution >= 4 is 12.4 Å². The van der Waals surface area contributed by atoms with Crippen molar-refractivity contribution in [2.75, 3.05) is 13.1 Å². The first kappa shape index (κ1) is 12.5. The molecule has 84 valence electrons. The Balaban J connectivity index is 0.00000112. The van der Waals surface area contributed by atoms with Crippen LogP contribution in [0.15, 0.2) is 24.3 Å². The lowest BCUT2D eigenvalue weighted by atomic mass is 10.1. The fourth-order valence-electron chi connectivity index (χ4n) is 1.80. The Labute approximate surface area is 97.9 Å². The molecule has 2 nitrogen and oxygen atoms in total. The Morgan fingerprint density at radius 3 is 2.67 bits per heavy atom. The number of aryl methyl sites for hydroxylation is 1. The number of hydrogen-bond donors (Lipinski definition) is 2. The normalized spacial score (nSPS) is 19.9. The molecule has 0 bridgehead atoms. The van der Waals surface area contributed by atoms with E-state index in [9.17, 15) is 0 Å². The van der Waals surface area contributed by atoms with Crippen LogP contribution in [-0.2, 0) is 6.54 Å². The summed E-state index contributed by atoms with van der Waals surface area (Å²) in [6, 6.07) is 9.40. The lowest BCUT2D eigenvalue weighted by molar-refractivity contribution is 0.547. The summed E-state index contributed by atoms with van der Waals surface area (Å²) in [5.41, 5.74) is 2.71. The van der Waals surface area contributed by atoms with Crippen LogP contribution in [0.3, 0.4) is 0 Å². The van der Waals surface area contributed by atoms with Crippen molar-refractivity contribution in [3.05, 3.63) is 35.4 Å². The van der Waals surface area contributed by atoms with E-state index in [1.807, 2.05) is 0 Å². The van der Waals surface area contributed by atoms with E-state index in [1.54, 1.807) is 0 Å². The Bertz CT molecular complexity index is 278. The lowest BCUT2D eigenvalue weighted by Crippen LogP contribution is -2.30. The predicted molar refractivity (Wildman–Crippen MR) is 66.5 cm³/mol. The molecule has 0 radical (unpaired) electrons. The van der Waals surface area contributed by atoms with E-state index in [-0.39, 0.29) is 12.4 Å². The molecule has 1 aliphatic heterocycles. The van der Waals surface area contributed by atoms with Crippen LogP contribution in [0, 0.1) is 6.92 Å². The fraction of sp³-hybridized carbons (Fsp3) is 0.500. The molecule has 2 rings (SSSR count). The Morgan fingerprint density at radius 2 is 2.07 bits per heavy atom. The summed E-state index contributed by atoms with van der Waals surface area (Å²) in [7, 11) is 0. The van der Waals surface area contributed by atoms with Gasteiger partial charge in [-0.3, -0.25) is 0 Å². The summed E-state index contributed by atoms with van der Waals surface area (Å²) in [5, 5.41) is 6.91. The van der Waals surface area contributed by atoms with Gasteiger partial charge in [0, 0.05) is 19.1 Å². The predicted octanol–water partition coefficient (Wildman–Crippen LogP) is 1.87. The zero-order valence-electron chi connectivity index (χ0n) is 9.12. The van der Waals surface area contributed by atoms with E-state index in [1.165, 1.54) is 17.5 Å². The lowest BCUT2D eigenvalue weighted by Gasteiger charge is -2.10. The second-order valence-electron chi connectivity index (χ2n) is 4.06. The van der Waals surface area contributed by atoms with Crippen molar-refractivity contribution in [1.82, 2.24) is 10.6 Å². The van der Waals surface area contributed by atoms with Crippen LogP contribution in [-0.4, -0.2) is 19.1 Å². The molecule has 2 N–H and O–H groups in total. The minimum absolute atomic E-state index is 0. The molecule has 0 unspecified atom stereocenters. The highest BCUT2D eigenvalue weighted by molar-refractivity contribution is 5.85. The molecule has 1 aromatic carbocycles. The van der Waals surface area contributed by atoms with Gasteiger partial charge in [0.25, 0.3) is 0 Å². The highest BCUT2D eigenvalue weighted by Crippen LogP contribution is 2.04. The van der Waals surface area contributed by atoms with Crippen molar-refractivity contribution < 1.29 is 0 Å². The highest BCUT2D eigenvalue weighted by atomic mass is 35.5. The molecule has 0 aliphatic carbocycles. The Kier molecular flexibility index (Phi) is 5.09. The molecule has 1 fully saturated rings. The Morgan fingerprint density at radius 1 is 1.33 bits per heavy atom. The van der Waals surface area contributed by atoms with Crippen LogP contribution < -0.4 is 10.6 Å². The summed E-state index contributed by atoms with van der Waals surface area (Å²) in [6.45, 7) is 5.39. The maximum Gasteiger partial charge on any atom is 0.0208 e. The highest BCUT2D eigenvalue weighted by Gasteiger charge is 2.12. The summed E-state index contributed by atoms with van der Waals surface area (Å²) in [4.78, 5) is 0. The summed E-state index contributed by atoms with van der Waals surface area (Å²) >= 11 is 0. The number of halogens is 1. The van der Waals surface area contributed by atoms with E-state index in [4.69, 9.17) is 0 Å². The second kappa shape index (κ2) is 6.11. The molecule has 1 heterocycles. The van der Waals surface area contributed by atoms with Crippen molar-refractivity contribution in [1.29, 1.82) is 0 Å². The van der Waals surface area contributed by atoms with Crippen LogP contribution >= 0.6 is 12.4 Å². The van der Waals surface area contributed by atoms with E-state index in [2.05, 4.69) is 41.8 Å². The molecule has 0 saturated carbocycles. The van der Waals surface area contributed by atoms with Crippen LogP contribution in [0.4, 0.5) is 0 Å². The van der Waals surface area contributed by atoms with Crippen molar-refractivity contribution in [2.24, 2.45) is 0 Å². The van der Waals surface area contributed by atoms with Gasteiger partial charge in [0.1, 0.15) is 0 Å². The van der Waals surface area contributed by atoms with Gasteiger partial charge >= 0.3 is 0 Å². The smallest absolute Gasteiger partial charge is 0.0208 e. The van der Waals surface area contributed by atoms with Crippen LogP contribution in [0.25, 0.3) is 0 Å². The average Bonchev–Trinajstić information content (AvgIpc) is 2.70. The van der Waals surface area contributed by atoms with Crippen molar-refractivity contribution in [3.63, 3.8) is 0 Å². The largest absolute Gasteiger partial charge is 0.315 e. The van der Waals surface area contributed by atoms with Crippen LogP contribution in [0.1, 0.15) is 17.5 Å².